The number of amides is 1. The van der Waals surface area contributed by atoms with Gasteiger partial charge < -0.3 is 19.3 Å². The predicted octanol–water partition coefficient (Wildman–Crippen LogP) is 10.1. The van der Waals surface area contributed by atoms with E-state index in [4.69, 9.17) is 14.7 Å². The van der Waals surface area contributed by atoms with E-state index >= 15 is 0 Å². The number of rotatable bonds is 13. The number of hydrogen-bond acceptors (Lipinski definition) is 6. The Morgan fingerprint density at radius 3 is 2.22 bits per heavy atom. The fourth-order valence-electron chi connectivity index (χ4n) is 4.63. The van der Waals surface area contributed by atoms with Gasteiger partial charge in [-0.2, -0.15) is 5.26 Å². The summed E-state index contributed by atoms with van der Waals surface area (Å²) in [5, 5.41) is 8.85. The lowest BCUT2D eigenvalue weighted by Crippen LogP contribution is -2.54. The van der Waals surface area contributed by atoms with E-state index in [2.05, 4.69) is 64.4 Å². The quantitative estimate of drug-likeness (QED) is 0.0884. The van der Waals surface area contributed by atoms with E-state index in [9.17, 15) is 4.79 Å². The van der Waals surface area contributed by atoms with Gasteiger partial charge in [0, 0.05) is 43.3 Å². The summed E-state index contributed by atoms with van der Waals surface area (Å²) in [4.78, 5) is 21.4. The number of carbonyl (C=O) groups is 1. The SMILES string of the molecule is CC/C=C/C=C(C#N)\C=C(/C)CCC.C\C=C(OCCC)/C(=C(/C)N1CCN(C(=O)OC(C)(C)C)C(C)C1)C(/C)=N/C=C/CC. The molecule has 1 rings (SSSR count). The number of hydrogen-bond donors (Lipinski definition) is 0. The van der Waals surface area contributed by atoms with Crippen molar-refractivity contribution in [1.29, 1.82) is 5.26 Å². The van der Waals surface area contributed by atoms with E-state index in [1.54, 1.807) is 0 Å². The molecule has 1 fully saturated rings. The Morgan fingerprint density at radius 1 is 1.04 bits per heavy atom. The first-order valence-electron chi connectivity index (χ1n) is 16.7. The number of allylic oxidation sites excluding steroid dienone is 10. The van der Waals surface area contributed by atoms with Crippen LogP contribution in [0.3, 0.4) is 0 Å². The van der Waals surface area contributed by atoms with E-state index in [0.717, 1.165) is 73.5 Å². The van der Waals surface area contributed by atoms with Crippen LogP contribution >= 0.6 is 0 Å². The van der Waals surface area contributed by atoms with E-state index in [1.807, 2.05) is 82.2 Å². The molecule has 0 spiro atoms. The van der Waals surface area contributed by atoms with E-state index < -0.39 is 5.60 Å². The highest BCUT2D eigenvalue weighted by molar-refractivity contribution is 6.02. The second-order valence-corrected chi connectivity index (χ2v) is 12.2. The molecule has 0 aromatic heterocycles. The maximum atomic E-state index is 12.6. The molecule has 0 saturated carbocycles. The zero-order chi connectivity index (χ0) is 34.4. The fraction of sp³-hybridized carbons (Fsp3) is 0.605. The van der Waals surface area contributed by atoms with Gasteiger partial charge in [-0.25, -0.2) is 4.79 Å². The lowest BCUT2D eigenvalue weighted by Gasteiger charge is -2.42. The third-order valence-electron chi connectivity index (χ3n) is 6.86. The van der Waals surface area contributed by atoms with Crippen LogP contribution in [0.4, 0.5) is 4.79 Å². The third-order valence-corrected chi connectivity index (χ3v) is 6.86. The minimum atomic E-state index is -0.492. The molecule has 0 aliphatic carbocycles. The van der Waals surface area contributed by atoms with Crippen molar-refractivity contribution in [1.82, 2.24) is 9.80 Å². The first kappa shape index (κ1) is 41.5. The highest BCUT2D eigenvalue weighted by Gasteiger charge is 2.32. The van der Waals surface area contributed by atoms with Crippen LogP contribution in [0.15, 0.2) is 75.8 Å². The number of carbonyl (C=O) groups excluding carboxylic acids is 1. The molecule has 0 bridgehead atoms. The molecule has 0 radical (unpaired) electrons. The minimum absolute atomic E-state index is 0.0441. The molecule has 0 N–H and O–H groups in total. The van der Waals surface area contributed by atoms with Gasteiger partial charge >= 0.3 is 6.09 Å². The molecule has 7 nitrogen and oxygen atoms in total. The first-order chi connectivity index (χ1) is 21.3. The van der Waals surface area contributed by atoms with Crippen molar-refractivity contribution in [2.45, 2.75) is 127 Å². The Kier molecular flexibility index (Phi) is 21.1. The highest BCUT2D eigenvalue weighted by atomic mass is 16.6. The summed E-state index contributed by atoms with van der Waals surface area (Å²) in [5.74, 6) is 0.854. The smallest absolute Gasteiger partial charge is 0.410 e. The number of piperazine rings is 1. The first-order valence-corrected chi connectivity index (χ1v) is 16.7. The molecule has 1 aliphatic rings. The van der Waals surface area contributed by atoms with Crippen molar-refractivity contribution < 1.29 is 14.3 Å². The molecule has 252 valence electrons. The van der Waals surface area contributed by atoms with Crippen LogP contribution in [0.5, 0.6) is 0 Å². The van der Waals surface area contributed by atoms with Crippen LogP contribution in [-0.2, 0) is 9.47 Å². The topological polar surface area (TPSA) is 78.2 Å². The van der Waals surface area contributed by atoms with Crippen LogP contribution in [0.2, 0.25) is 0 Å². The largest absolute Gasteiger partial charge is 0.493 e. The number of ether oxygens (including phenoxy) is 2. The van der Waals surface area contributed by atoms with Gasteiger partial charge in [-0.1, -0.05) is 57.9 Å². The monoisotopic (exact) mass is 622 g/mol. The molecule has 1 unspecified atom stereocenters. The Balaban J connectivity index is 0.00000116. The van der Waals surface area contributed by atoms with Crippen molar-refractivity contribution in [3.05, 3.63) is 70.8 Å². The molecule has 7 heteroatoms. The standard InChI is InChI=1S/C25H43N3O3.C13H19N/c1-10-13-14-26-20(5)23(22(12-3)30-17-11-2)21(6)27-15-16-28(19(4)18-27)24(29)31-25(7,8)9;1-4-6-7-9-13(11-14)10-12(3)8-5-2/h12-14,19H,10-11,15-18H2,1-9H3;6-7,9-10H,4-5,8H2,1-3H3/b14-13+,22-12+,23-21-,26-20+;7-6+,12-10+,13-9+. The van der Waals surface area contributed by atoms with Crippen LogP contribution < -0.4 is 0 Å². The lowest BCUT2D eigenvalue weighted by atomic mass is 10.0. The summed E-state index contributed by atoms with van der Waals surface area (Å²) < 4.78 is 11.7. The van der Waals surface area contributed by atoms with Gasteiger partial charge in [0.15, 0.2) is 0 Å². The predicted molar refractivity (Wildman–Crippen MR) is 191 cm³/mol. The maximum absolute atomic E-state index is 12.6. The van der Waals surface area contributed by atoms with Crippen molar-refractivity contribution in [2.75, 3.05) is 26.2 Å². The Hall–Kier alpha value is -3.53. The lowest BCUT2D eigenvalue weighted by molar-refractivity contribution is 0.00488. The summed E-state index contributed by atoms with van der Waals surface area (Å²) in [7, 11) is 0. The summed E-state index contributed by atoms with van der Waals surface area (Å²) in [6.07, 6.45) is 18.6. The van der Waals surface area contributed by atoms with Gasteiger partial charge in [-0.3, -0.25) is 4.99 Å². The van der Waals surface area contributed by atoms with E-state index in [1.165, 1.54) is 5.57 Å². The molecule has 1 atom stereocenters. The molecule has 1 amide bonds. The second-order valence-electron chi connectivity index (χ2n) is 12.2. The summed E-state index contributed by atoms with van der Waals surface area (Å²) in [6.45, 7) is 27.1. The summed E-state index contributed by atoms with van der Waals surface area (Å²) in [6, 6.07) is 2.23. The van der Waals surface area contributed by atoms with Crippen molar-refractivity contribution in [2.24, 2.45) is 4.99 Å². The van der Waals surface area contributed by atoms with Crippen molar-refractivity contribution in [3.8, 4) is 6.07 Å². The molecule has 0 aromatic rings. The Bertz CT molecular complexity index is 1150. The summed E-state index contributed by atoms with van der Waals surface area (Å²) in [5.41, 5.74) is 4.58. The zero-order valence-electron chi connectivity index (χ0n) is 30.5. The fourth-order valence-corrected chi connectivity index (χ4v) is 4.63. The van der Waals surface area contributed by atoms with Gasteiger partial charge in [0.1, 0.15) is 11.4 Å². The van der Waals surface area contributed by atoms with Gasteiger partial charge in [0.25, 0.3) is 0 Å². The average molecular weight is 623 g/mol. The number of nitriles is 1. The van der Waals surface area contributed by atoms with Crippen molar-refractivity contribution in [3.63, 3.8) is 0 Å². The molecular formula is C38H62N4O3. The molecule has 1 saturated heterocycles. The molecule has 1 heterocycles. The molecule has 1 aliphatic heterocycles. The maximum Gasteiger partial charge on any atom is 0.410 e. The normalized spacial score (nSPS) is 17.6. The second kappa shape index (κ2) is 22.9. The van der Waals surface area contributed by atoms with Crippen LogP contribution in [-0.4, -0.2) is 59.5 Å². The van der Waals surface area contributed by atoms with Gasteiger partial charge in [-0.15, -0.1) is 0 Å². The number of aliphatic imine (C=N–C) groups is 1. The molecule has 0 aromatic carbocycles. The minimum Gasteiger partial charge on any atom is -0.493 e. The van der Waals surface area contributed by atoms with E-state index in [0.29, 0.717) is 13.2 Å². The third kappa shape index (κ3) is 16.9. The molecule has 45 heavy (non-hydrogen) atoms. The van der Waals surface area contributed by atoms with Crippen molar-refractivity contribution >= 4 is 11.8 Å². The van der Waals surface area contributed by atoms with E-state index in [-0.39, 0.29) is 12.1 Å². The van der Waals surface area contributed by atoms with Crippen LogP contribution in [0, 0.1) is 11.3 Å². The number of nitrogens with zero attached hydrogens (tertiary/aromatic N) is 4. The van der Waals surface area contributed by atoms with Gasteiger partial charge in [0.2, 0.25) is 0 Å². The molecular weight excluding hydrogens is 560 g/mol. The Labute approximate surface area is 275 Å². The Morgan fingerprint density at radius 2 is 1.71 bits per heavy atom. The highest BCUT2D eigenvalue weighted by Crippen LogP contribution is 2.25. The van der Waals surface area contributed by atoms with Crippen LogP contribution in [0.25, 0.3) is 0 Å². The average Bonchev–Trinajstić information content (AvgIpc) is 2.98. The zero-order valence-corrected chi connectivity index (χ0v) is 30.5. The summed E-state index contributed by atoms with van der Waals surface area (Å²) >= 11 is 0. The van der Waals surface area contributed by atoms with Gasteiger partial charge in [0.05, 0.1) is 23.8 Å². The van der Waals surface area contributed by atoms with Gasteiger partial charge in [-0.05, 0) is 99.3 Å². The van der Waals surface area contributed by atoms with Crippen LogP contribution in [0.1, 0.15) is 115 Å².